The Bertz CT molecular complexity index is 714. The molecule has 2 aromatic carbocycles. The van der Waals surface area contributed by atoms with Crippen LogP contribution in [-0.2, 0) is 0 Å². The molecule has 2 rings (SSSR count). The summed E-state index contributed by atoms with van der Waals surface area (Å²) in [5, 5.41) is 11.4. The van der Waals surface area contributed by atoms with Crippen LogP contribution >= 0.6 is 23.4 Å². The molecule has 5 nitrogen and oxygen atoms in total. The molecule has 2 aromatic rings. The number of thioether (sulfide) groups is 1. The van der Waals surface area contributed by atoms with Gasteiger partial charge in [-0.25, -0.2) is 4.39 Å². The van der Waals surface area contributed by atoms with Crippen molar-refractivity contribution in [1.82, 2.24) is 0 Å². The number of benzene rings is 2. The topological polar surface area (TPSA) is 61.6 Å². The smallest absolute Gasteiger partial charge is 0.311 e. The number of nitro groups is 1. The minimum Gasteiger partial charge on any atom is -0.484 e. The summed E-state index contributed by atoms with van der Waals surface area (Å²) in [6.07, 6.45) is 1.93. The minimum absolute atomic E-state index is 0.0537. The Morgan fingerprint density at radius 3 is 2.65 bits per heavy atom. The van der Waals surface area contributed by atoms with E-state index in [1.54, 1.807) is 23.9 Å². The predicted octanol–water partition coefficient (Wildman–Crippen LogP) is 5.11. The Balaban J connectivity index is 2.27. The number of hydrogen-bond donors (Lipinski definition) is 0. The second-order valence-corrected chi connectivity index (χ2v) is 5.61. The van der Waals surface area contributed by atoms with Crippen molar-refractivity contribution in [1.29, 1.82) is 0 Å². The van der Waals surface area contributed by atoms with Gasteiger partial charge in [0.05, 0.1) is 9.95 Å². The number of ether oxygens (including phenoxy) is 2. The maximum Gasteiger partial charge on any atom is 0.311 e. The molecule has 122 valence electrons. The summed E-state index contributed by atoms with van der Waals surface area (Å²) in [6.45, 7) is -1.02. The highest BCUT2D eigenvalue weighted by Crippen LogP contribution is 2.36. The van der Waals surface area contributed by atoms with Crippen molar-refractivity contribution in [2.75, 3.05) is 19.5 Å². The molecular weight excluding hydrogens is 345 g/mol. The van der Waals surface area contributed by atoms with Gasteiger partial charge in [-0.05, 0) is 30.5 Å². The second kappa shape index (κ2) is 8.03. The molecule has 0 radical (unpaired) electrons. The van der Waals surface area contributed by atoms with E-state index in [4.69, 9.17) is 21.1 Å². The first-order valence-corrected chi connectivity index (χ1v) is 8.14. The highest BCUT2D eigenvalue weighted by Gasteiger charge is 2.17. The standard InChI is InChI=1S/C15H13ClFNO4S/c1-23-11-3-5-14(12(16)9-11)22-10-2-4-13(18(19)20)15(8-10)21-7-6-17/h2-5,8-9H,6-7H2,1H3. The van der Waals surface area contributed by atoms with E-state index >= 15 is 0 Å². The quantitative estimate of drug-likeness (QED) is 0.391. The molecule has 0 N–H and O–H groups in total. The van der Waals surface area contributed by atoms with Gasteiger partial charge < -0.3 is 9.47 Å². The fraction of sp³-hybridized carbons (Fsp3) is 0.200. The molecule has 0 spiro atoms. The van der Waals surface area contributed by atoms with Gasteiger partial charge in [-0.1, -0.05) is 11.6 Å². The lowest BCUT2D eigenvalue weighted by molar-refractivity contribution is -0.385. The Morgan fingerprint density at radius 2 is 2.04 bits per heavy atom. The number of halogens is 2. The molecule has 0 aliphatic heterocycles. The number of nitro benzene ring substituents is 1. The van der Waals surface area contributed by atoms with E-state index < -0.39 is 11.6 Å². The average Bonchev–Trinajstić information content (AvgIpc) is 2.54. The summed E-state index contributed by atoms with van der Waals surface area (Å²) in [7, 11) is 0. The molecule has 0 aliphatic rings. The molecular formula is C15H13ClFNO4S. The van der Waals surface area contributed by atoms with E-state index in [9.17, 15) is 14.5 Å². The first-order chi connectivity index (χ1) is 11.0. The van der Waals surface area contributed by atoms with Crippen molar-refractivity contribution < 1.29 is 18.8 Å². The SMILES string of the molecule is CSc1ccc(Oc2ccc([N+](=O)[O-])c(OCCF)c2)c(Cl)c1. The third kappa shape index (κ3) is 4.49. The Morgan fingerprint density at radius 1 is 1.26 bits per heavy atom. The van der Waals surface area contributed by atoms with Crippen LogP contribution in [0.5, 0.6) is 17.2 Å². The lowest BCUT2D eigenvalue weighted by atomic mass is 10.2. The van der Waals surface area contributed by atoms with Gasteiger partial charge in [0.1, 0.15) is 24.8 Å². The van der Waals surface area contributed by atoms with Crippen LogP contribution < -0.4 is 9.47 Å². The highest BCUT2D eigenvalue weighted by molar-refractivity contribution is 7.98. The fourth-order valence-corrected chi connectivity index (χ4v) is 2.51. The summed E-state index contributed by atoms with van der Waals surface area (Å²) in [4.78, 5) is 11.3. The van der Waals surface area contributed by atoms with Crippen LogP contribution in [0.1, 0.15) is 0 Å². The van der Waals surface area contributed by atoms with Crippen LogP contribution in [0.2, 0.25) is 5.02 Å². The average molecular weight is 358 g/mol. The van der Waals surface area contributed by atoms with E-state index in [1.807, 2.05) is 12.3 Å². The normalized spacial score (nSPS) is 10.4. The van der Waals surface area contributed by atoms with E-state index in [0.717, 1.165) is 4.90 Å². The minimum atomic E-state index is -0.746. The van der Waals surface area contributed by atoms with Crippen molar-refractivity contribution in [2.45, 2.75) is 4.90 Å². The molecule has 0 saturated heterocycles. The molecule has 0 atom stereocenters. The van der Waals surface area contributed by atoms with Gasteiger partial charge in [-0.2, -0.15) is 0 Å². The van der Waals surface area contributed by atoms with E-state index in [-0.39, 0.29) is 18.0 Å². The molecule has 0 bridgehead atoms. The maximum absolute atomic E-state index is 12.2. The van der Waals surface area contributed by atoms with Gasteiger partial charge in [0.15, 0.2) is 0 Å². The van der Waals surface area contributed by atoms with Crippen LogP contribution in [0.15, 0.2) is 41.3 Å². The molecule has 23 heavy (non-hydrogen) atoms. The highest BCUT2D eigenvalue weighted by atomic mass is 35.5. The zero-order valence-electron chi connectivity index (χ0n) is 12.1. The molecule has 0 saturated carbocycles. The van der Waals surface area contributed by atoms with Gasteiger partial charge in [-0.3, -0.25) is 10.1 Å². The summed E-state index contributed by atoms with van der Waals surface area (Å²) in [5.74, 6) is 0.667. The molecule has 0 aromatic heterocycles. The van der Waals surface area contributed by atoms with E-state index in [2.05, 4.69) is 0 Å². The Labute approximate surface area is 141 Å². The summed E-state index contributed by atoms with van der Waals surface area (Å²) in [5.41, 5.74) is -0.255. The third-order valence-electron chi connectivity index (χ3n) is 2.83. The number of hydrogen-bond acceptors (Lipinski definition) is 5. The number of nitrogens with zero attached hydrogens (tertiary/aromatic N) is 1. The van der Waals surface area contributed by atoms with Crippen LogP contribution in [0.4, 0.5) is 10.1 Å². The van der Waals surface area contributed by atoms with Gasteiger partial charge in [0.25, 0.3) is 0 Å². The molecule has 0 amide bonds. The fourth-order valence-electron chi connectivity index (χ4n) is 1.79. The second-order valence-electron chi connectivity index (χ2n) is 4.32. The first kappa shape index (κ1) is 17.4. The van der Waals surface area contributed by atoms with Crippen LogP contribution in [0, 0.1) is 10.1 Å². The van der Waals surface area contributed by atoms with Gasteiger partial charge in [0.2, 0.25) is 5.75 Å². The summed E-state index contributed by atoms with van der Waals surface area (Å²) in [6, 6.07) is 9.32. The monoisotopic (exact) mass is 357 g/mol. The van der Waals surface area contributed by atoms with Gasteiger partial charge >= 0.3 is 5.69 Å². The molecule has 8 heteroatoms. The summed E-state index contributed by atoms with van der Waals surface area (Å²) >= 11 is 7.68. The Hall–Kier alpha value is -1.99. The lowest BCUT2D eigenvalue weighted by Gasteiger charge is -2.10. The van der Waals surface area contributed by atoms with E-state index in [0.29, 0.717) is 16.5 Å². The van der Waals surface area contributed by atoms with Crippen molar-refractivity contribution in [3.63, 3.8) is 0 Å². The lowest BCUT2D eigenvalue weighted by Crippen LogP contribution is -2.02. The Kier molecular flexibility index (Phi) is 6.06. The van der Waals surface area contributed by atoms with Crippen LogP contribution in [-0.4, -0.2) is 24.5 Å². The number of rotatable bonds is 7. The maximum atomic E-state index is 12.2. The molecule has 0 fully saturated rings. The number of alkyl halides is 1. The third-order valence-corrected chi connectivity index (χ3v) is 3.85. The molecule has 0 unspecified atom stereocenters. The largest absolute Gasteiger partial charge is 0.484 e. The zero-order valence-corrected chi connectivity index (χ0v) is 13.7. The van der Waals surface area contributed by atoms with Gasteiger partial charge in [0, 0.05) is 17.0 Å². The van der Waals surface area contributed by atoms with Crippen LogP contribution in [0.25, 0.3) is 0 Å². The van der Waals surface area contributed by atoms with Crippen molar-refractivity contribution in [2.24, 2.45) is 0 Å². The van der Waals surface area contributed by atoms with Crippen molar-refractivity contribution >= 4 is 29.1 Å². The van der Waals surface area contributed by atoms with Crippen molar-refractivity contribution in [3.8, 4) is 17.2 Å². The molecule has 0 heterocycles. The molecule has 0 aliphatic carbocycles. The first-order valence-electron chi connectivity index (χ1n) is 6.53. The summed E-state index contributed by atoms with van der Waals surface area (Å²) < 4.78 is 22.9. The zero-order chi connectivity index (χ0) is 16.8. The van der Waals surface area contributed by atoms with Crippen molar-refractivity contribution in [3.05, 3.63) is 51.5 Å². The van der Waals surface area contributed by atoms with Crippen LogP contribution in [0.3, 0.4) is 0 Å². The predicted molar refractivity (Wildman–Crippen MR) is 87.9 cm³/mol. The van der Waals surface area contributed by atoms with E-state index in [1.165, 1.54) is 18.2 Å². The van der Waals surface area contributed by atoms with Gasteiger partial charge in [-0.15, -0.1) is 11.8 Å².